The van der Waals surface area contributed by atoms with Crippen LogP contribution >= 0.6 is 0 Å². The molecule has 0 unspecified atom stereocenters. The summed E-state index contributed by atoms with van der Waals surface area (Å²) in [5.74, 6) is 0.113. The molecule has 4 aromatic rings. The van der Waals surface area contributed by atoms with E-state index < -0.39 is 16.9 Å². The quantitative estimate of drug-likeness (QED) is 0.268. The standard InChI is InChI=1S/C25H20N4O4/c1-2-33-24(30)21-22(16-8-4-3-5-9-16)27-25-26-19-10-6-7-11-20(19)28(25)23(21)17-12-14-18(15-13-17)29(31)32/h3-15,23H,2H2,1H3,(H,26,27)/t23-/m0/s1. The van der Waals surface area contributed by atoms with Gasteiger partial charge in [-0.15, -0.1) is 0 Å². The number of carbonyl (C=O) groups excluding carboxylic acids is 1. The summed E-state index contributed by atoms with van der Waals surface area (Å²) in [5, 5.41) is 14.6. The number of hydrogen-bond acceptors (Lipinski definition) is 6. The summed E-state index contributed by atoms with van der Waals surface area (Å²) >= 11 is 0. The monoisotopic (exact) mass is 440 g/mol. The largest absolute Gasteiger partial charge is 0.463 e. The number of fused-ring (bicyclic) bond motifs is 3. The molecule has 0 radical (unpaired) electrons. The number of para-hydroxylation sites is 2. The molecule has 33 heavy (non-hydrogen) atoms. The lowest BCUT2D eigenvalue weighted by atomic mass is 9.92. The van der Waals surface area contributed by atoms with Crippen LogP contribution in [-0.4, -0.2) is 27.1 Å². The second-order valence-electron chi connectivity index (χ2n) is 7.55. The van der Waals surface area contributed by atoms with Crippen molar-refractivity contribution in [2.75, 3.05) is 11.9 Å². The highest BCUT2D eigenvalue weighted by atomic mass is 16.6. The van der Waals surface area contributed by atoms with Crippen LogP contribution in [0.15, 0.2) is 84.4 Å². The van der Waals surface area contributed by atoms with Crippen molar-refractivity contribution in [2.45, 2.75) is 13.0 Å². The Balaban J connectivity index is 1.81. The molecule has 8 nitrogen and oxygen atoms in total. The maximum atomic E-state index is 13.3. The summed E-state index contributed by atoms with van der Waals surface area (Å²) in [5.41, 5.74) is 4.11. The number of nitro groups is 1. The van der Waals surface area contributed by atoms with E-state index in [0.29, 0.717) is 22.8 Å². The average Bonchev–Trinajstić information content (AvgIpc) is 3.22. The van der Waals surface area contributed by atoms with Gasteiger partial charge in [-0.25, -0.2) is 9.78 Å². The lowest BCUT2D eigenvalue weighted by Crippen LogP contribution is -2.29. The topological polar surface area (TPSA) is 99.3 Å². The molecule has 1 N–H and O–H groups in total. The van der Waals surface area contributed by atoms with Crippen LogP contribution in [0.1, 0.15) is 24.1 Å². The Hall–Kier alpha value is -4.46. The minimum absolute atomic E-state index is 0.0201. The molecule has 164 valence electrons. The number of imidazole rings is 1. The van der Waals surface area contributed by atoms with Crippen LogP contribution in [0.4, 0.5) is 11.6 Å². The van der Waals surface area contributed by atoms with Crippen LogP contribution in [0.5, 0.6) is 0 Å². The third-order valence-electron chi connectivity index (χ3n) is 5.61. The van der Waals surface area contributed by atoms with Crippen molar-refractivity contribution in [1.82, 2.24) is 9.55 Å². The molecule has 0 saturated carbocycles. The van der Waals surface area contributed by atoms with E-state index in [1.165, 1.54) is 12.1 Å². The Morgan fingerprint density at radius 1 is 1.06 bits per heavy atom. The van der Waals surface area contributed by atoms with Gasteiger partial charge in [-0.2, -0.15) is 0 Å². The smallest absolute Gasteiger partial charge is 0.338 e. The number of non-ortho nitro benzene ring substituents is 1. The number of rotatable bonds is 5. The zero-order chi connectivity index (χ0) is 22.9. The Labute approximate surface area is 189 Å². The first-order valence-corrected chi connectivity index (χ1v) is 10.5. The van der Waals surface area contributed by atoms with Gasteiger partial charge in [0.05, 0.1) is 39.9 Å². The molecule has 0 saturated heterocycles. The van der Waals surface area contributed by atoms with E-state index in [4.69, 9.17) is 9.72 Å². The van der Waals surface area contributed by atoms with Gasteiger partial charge in [0.25, 0.3) is 5.69 Å². The maximum absolute atomic E-state index is 13.3. The average molecular weight is 440 g/mol. The Morgan fingerprint density at radius 2 is 1.76 bits per heavy atom. The second kappa shape index (κ2) is 8.23. The molecule has 0 bridgehead atoms. The molecule has 8 heteroatoms. The van der Waals surface area contributed by atoms with Crippen molar-refractivity contribution in [3.63, 3.8) is 0 Å². The van der Waals surface area contributed by atoms with E-state index >= 15 is 0 Å². The highest BCUT2D eigenvalue weighted by molar-refractivity contribution is 6.03. The van der Waals surface area contributed by atoms with Gasteiger partial charge in [0, 0.05) is 12.1 Å². The lowest BCUT2D eigenvalue weighted by molar-refractivity contribution is -0.384. The highest BCUT2D eigenvalue weighted by Gasteiger charge is 2.36. The fraction of sp³-hybridized carbons (Fsp3) is 0.120. The van der Waals surface area contributed by atoms with Crippen LogP contribution in [0.3, 0.4) is 0 Å². The third kappa shape index (κ3) is 3.51. The van der Waals surface area contributed by atoms with Crippen molar-refractivity contribution in [1.29, 1.82) is 0 Å². The van der Waals surface area contributed by atoms with Crippen LogP contribution in [0.25, 0.3) is 16.7 Å². The first-order valence-electron chi connectivity index (χ1n) is 10.5. The van der Waals surface area contributed by atoms with Gasteiger partial charge in [-0.3, -0.25) is 14.7 Å². The molecule has 1 aromatic heterocycles. The van der Waals surface area contributed by atoms with Crippen molar-refractivity contribution in [2.24, 2.45) is 0 Å². The highest BCUT2D eigenvalue weighted by Crippen LogP contribution is 2.42. The van der Waals surface area contributed by atoms with Gasteiger partial charge in [0.15, 0.2) is 0 Å². The molecule has 0 spiro atoms. The number of carbonyl (C=O) groups is 1. The maximum Gasteiger partial charge on any atom is 0.338 e. The summed E-state index contributed by atoms with van der Waals surface area (Å²) in [6, 6.07) is 22.8. The third-order valence-corrected chi connectivity index (χ3v) is 5.61. The predicted molar refractivity (Wildman–Crippen MR) is 125 cm³/mol. The van der Waals surface area contributed by atoms with Crippen LogP contribution in [0, 0.1) is 10.1 Å². The number of aromatic nitrogens is 2. The van der Waals surface area contributed by atoms with E-state index in [1.807, 2.05) is 59.2 Å². The summed E-state index contributed by atoms with van der Waals surface area (Å²) < 4.78 is 7.41. The zero-order valence-electron chi connectivity index (χ0n) is 17.8. The van der Waals surface area contributed by atoms with Crippen LogP contribution < -0.4 is 5.32 Å². The zero-order valence-corrected chi connectivity index (χ0v) is 17.8. The fourth-order valence-corrected chi connectivity index (χ4v) is 4.19. The van der Waals surface area contributed by atoms with Crippen molar-refractivity contribution in [3.05, 3.63) is 106 Å². The molecule has 1 aliphatic heterocycles. The molecule has 0 aliphatic carbocycles. The van der Waals surface area contributed by atoms with Gasteiger partial charge >= 0.3 is 5.97 Å². The molecule has 0 amide bonds. The van der Waals surface area contributed by atoms with Gasteiger partial charge in [-0.05, 0) is 42.3 Å². The molecule has 0 fully saturated rings. The molecule has 2 heterocycles. The SMILES string of the molecule is CCOC(=O)C1=C(c2ccccc2)Nc2nc3ccccc3n2[C@H]1c1ccc([N+](=O)[O-])cc1. The van der Waals surface area contributed by atoms with E-state index in [-0.39, 0.29) is 12.3 Å². The minimum Gasteiger partial charge on any atom is -0.463 e. The number of nitrogens with zero attached hydrogens (tertiary/aromatic N) is 3. The van der Waals surface area contributed by atoms with Gasteiger partial charge < -0.3 is 10.1 Å². The van der Waals surface area contributed by atoms with Gasteiger partial charge in [0.1, 0.15) is 0 Å². The number of esters is 1. The van der Waals surface area contributed by atoms with Gasteiger partial charge in [0.2, 0.25) is 5.95 Å². The summed E-state index contributed by atoms with van der Waals surface area (Å²) in [7, 11) is 0. The number of hydrogen-bond donors (Lipinski definition) is 1. The van der Waals surface area contributed by atoms with Gasteiger partial charge in [-0.1, -0.05) is 42.5 Å². The van der Waals surface area contributed by atoms with E-state index in [2.05, 4.69) is 5.32 Å². The molecule has 1 atom stereocenters. The Kier molecular flexibility index (Phi) is 5.10. The van der Waals surface area contributed by atoms with Crippen molar-refractivity contribution in [3.8, 4) is 0 Å². The molecule has 3 aromatic carbocycles. The van der Waals surface area contributed by atoms with Crippen molar-refractivity contribution < 1.29 is 14.5 Å². The summed E-state index contributed by atoms with van der Waals surface area (Å²) in [6.45, 7) is 1.98. The normalized spacial score (nSPS) is 15.1. The van der Waals surface area contributed by atoms with Crippen molar-refractivity contribution >= 4 is 34.3 Å². The number of nitrogens with one attached hydrogen (secondary N) is 1. The second-order valence-corrected chi connectivity index (χ2v) is 7.55. The van der Waals surface area contributed by atoms with Crippen LogP contribution in [0.2, 0.25) is 0 Å². The first-order chi connectivity index (χ1) is 16.1. The number of anilines is 1. The number of ether oxygens (including phenoxy) is 1. The lowest BCUT2D eigenvalue weighted by Gasteiger charge is -2.31. The van der Waals surface area contributed by atoms with E-state index in [9.17, 15) is 14.9 Å². The molecular formula is C25H20N4O4. The number of nitro benzene ring substituents is 1. The fourth-order valence-electron chi connectivity index (χ4n) is 4.19. The summed E-state index contributed by atoms with van der Waals surface area (Å²) in [6.07, 6.45) is 0. The van der Waals surface area contributed by atoms with Crippen LogP contribution in [-0.2, 0) is 9.53 Å². The predicted octanol–water partition coefficient (Wildman–Crippen LogP) is 4.93. The number of benzene rings is 3. The Bertz CT molecular complexity index is 1390. The molecular weight excluding hydrogens is 420 g/mol. The molecule has 1 aliphatic rings. The Morgan fingerprint density at radius 3 is 2.45 bits per heavy atom. The molecule has 5 rings (SSSR count). The summed E-state index contributed by atoms with van der Waals surface area (Å²) in [4.78, 5) is 28.9. The minimum atomic E-state index is -0.594. The van der Waals surface area contributed by atoms with E-state index in [0.717, 1.165) is 16.6 Å². The van der Waals surface area contributed by atoms with E-state index in [1.54, 1.807) is 19.1 Å². The first kappa shape index (κ1) is 20.4.